The highest BCUT2D eigenvalue weighted by molar-refractivity contribution is 5.62. The zero-order valence-corrected chi connectivity index (χ0v) is 9.40. The number of benzene rings is 1. The Hall–Kier alpha value is -1.90. The van der Waals surface area contributed by atoms with E-state index < -0.39 is 0 Å². The zero-order valence-electron chi connectivity index (χ0n) is 9.40. The molecule has 0 aliphatic heterocycles. The Kier molecular flexibility index (Phi) is 2.86. The smallest absolute Gasteiger partial charge is 0.267 e. The second-order valence-corrected chi connectivity index (χ2v) is 4.06. The van der Waals surface area contributed by atoms with Crippen molar-refractivity contribution in [3.63, 3.8) is 0 Å². The Balaban J connectivity index is 2.56. The SMILES string of the molecule is CC(C)c1cc(-c2ccccc2)c(=O)[nH]n1. The van der Waals surface area contributed by atoms with E-state index in [2.05, 4.69) is 24.0 Å². The number of hydrogen-bond acceptors (Lipinski definition) is 2. The Bertz CT molecular complexity index is 529. The van der Waals surface area contributed by atoms with Crippen molar-refractivity contribution in [1.29, 1.82) is 0 Å². The van der Waals surface area contributed by atoms with Gasteiger partial charge in [0.1, 0.15) is 0 Å². The Labute approximate surface area is 94.2 Å². The van der Waals surface area contributed by atoms with Crippen LogP contribution < -0.4 is 5.56 Å². The van der Waals surface area contributed by atoms with Gasteiger partial charge in [-0.1, -0.05) is 44.2 Å². The van der Waals surface area contributed by atoms with Crippen molar-refractivity contribution in [2.45, 2.75) is 19.8 Å². The van der Waals surface area contributed by atoms with Gasteiger partial charge >= 0.3 is 0 Å². The lowest BCUT2D eigenvalue weighted by molar-refractivity contribution is 0.778. The summed E-state index contributed by atoms with van der Waals surface area (Å²) in [6, 6.07) is 11.5. The number of nitrogens with zero attached hydrogens (tertiary/aromatic N) is 1. The quantitative estimate of drug-likeness (QED) is 0.835. The van der Waals surface area contributed by atoms with Crippen LogP contribution in [0, 0.1) is 0 Å². The Morgan fingerprint density at radius 3 is 2.50 bits per heavy atom. The van der Waals surface area contributed by atoms with Crippen molar-refractivity contribution >= 4 is 0 Å². The molecule has 0 aliphatic carbocycles. The predicted molar refractivity (Wildman–Crippen MR) is 64.4 cm³/mol. The minimum absolute atomic E-state index is 0.143. The van der Waals surface area contributed by atoms with Crippen LogP contribution in [0.1, 0.15) is 25.5 Å². The molecule has 0 saturated heterocycles. The molecular weight excluding hydrogens is 200 g/mol. The highest BCUT2D eigenvalue weighted by atomic mass is 16.1. The third kappa shape index (κ3) is 2.03. The molecule has 0 bridgehead atoms. The van der Waals surface area contributed by atoms with E-state index in [1.54, 1.807) is 0 Å². The van der Waals surface area contributed by atoms with Gasteiger partial charge < -0.3 is 0 Å². The summed E-state index contributed by atoms with van der Waals surface area (Å²) >= 11 is 0. The first-order chi connectivity index (χ1) is 7.68. The van der Waals surface area contributed by atoms with E-state index in [1.165, 1.54) is 0 Å². The summed E-state index contributed by atoms with van der Waals surface area (Å²) < 4.78 is 0. The van der Waals surface area contributed by atoms with Crippen LogP contribution in [-0.4, -0.2) is 10.2 Å². The third-order valence-corrected chi connectivity index (χ3v) is 2.50. The summed E-state index contributed by atoms with van der Waals surface area (Å²) in [6.07, 6.45) is 0. The molecule has 2 rings (SSSR count). The van der Waals surface area contributed by atoms with Crippen molar-refractivity contribution < 1.29 is 0 Å². The fraction of sp³-hybridized carbons (Fsp3) is 0.231. The molecule has 82 valence electrons. The van der Waals surface area contributed by atoms with Crippen LogP contribution in [0.25, 0.3) is 11.1 Å². The molecule has 0 atom stereocenters. The number of rotatable bonds is 2. The Morgan fingerprint density at radius 1 is 1.19 bits per heavy atom. The first kappa shape index (κ1) is 10.6. The lowest BCUT2D eigenvalue weighted by atomic mass is 10.0. The molecule has 0 radical (unpaired) electrons. The predicted octanol–water partition coefficient (Wildman–Crippen LogP) is 2.56. The van der Waals surface area contributed by atoms with Crippen LogP contribution in [0.4, 0.5) is 0 Å². The normalized spacial score (nSPS) is 10.7. The van der Waals surface area contributed by atoms with Crippen molar-refractivity contribution in [3.05, 3.63) is 52.4 Å². The van der Waals surface area contributed by atoms with E-state index in [9.17, 15) is 4.79 Å². The van der Waals surface area contributed by atoms with Gasteiger partial charge in [-0.25, -0.2) is 5.10 Å². The van der Waals surface area contributed by atoms with Gasteiger partial charge in [0, 0.05) is 0 Å². The first-order valence-electron chi connectivity index (χ1n) is 5.33. The van der Waals surface area contributed by atoms with Crippen molar-refractivity contribution in [3.8, 4) is 11.1 Å². The third-order valence-electron chi connectivity index (χ3n) is 2.50. The van der Waals surface area contributed by atoms with Gasteiger partial charge in [-0.2, -0.15) is 5.10 Å². The molecule has 0 fully saturated rings. The monoisotopic (exact) mass is 214 g/mol. The number of aromatic nitrogens is 2. The molecule has 1 aromatic heterocycles. The number of nitrogens with one attached hydrogen (secondary N) is 1. The van der Waals surface area contributed by atoms with E-state index in [-0.39, 0.29) is 5.56 Å². The Morgan fingerprint density at radius 2 is 1.88 bits per heavy atom. The van der Waals surface area contributed by atoms with E-state index in [4.69, 9.17) is 0 Å². The van der Waals surface area contributed by atoms with Gasteiger partial charge in [-0.05, 0) is 17.5 Å². The molecule has 0 aliphatic rings. The highest BCUT2D eigenvalue weighted by Crippen LogP contribution is 2.17. The maximum Gasteiger partial charge on any atom is 0.272 e. The van der Waals surface area contributed by atoms with Crippen molar-refractivity contribution in [2.24, 2.45) is 0 Å². The van der Waals surface area contributed by atoms with Gasteiger partial charge in [0.15, 0.2) is 0 Å². The van der Waals surface area contributed by atoms with Crippen LogP contribution in [0.3, 0.4) is 0 Å². The topological polar surface area (TPSA) is 45.8 Å². The molecule has 1 N–H and O–H groups in total. The molecule has 16 heavy (non-hydrogen) atoms. The van der Waals surface area contributed by atoms with E-state index in [0.29, 0.717) is 11.5 Å². The van der Waals surface area contributed by atoms with Crippen LogP contribution in [-0.2, 0) is 0 Å². The molecule has 3 nitrogen and oxygen atoms in total. The standard InChI is InChI=1S/C13H14N2O/c1-9(2)12-8-11(13(16)15-14-12)10-6-4-3-5-7-10/h3-9H,1-2H3,(H,15,16). The van der Waals surface area contributed by atoms with E-state index >= 15 is 0 Å². The summed E-state index contributed by atoms with van der Waals surface area (Å²) in [5.74, 6) is 0.305. The largest absolute Gasteiger partial charge is 0.272 e. The summed E-state index contributed by atoms with van der Waals surface area (Å²) in [7, 11) is 0. The number of aromatic amines is 1. The van der Waals surface area contributed by atoms with Gasteiger partial charge in [-0.15, -0.1) is 0 Å². The summed E-state index contributed by atoms with van der Waals surface area (Å²) in [5.41, 5.74) is 2.36. The van der Waals surface area contributed by atoms with Crippen LogP contribution in [0.5, 0.6) is 0 Å². The van der Waals surface area contributed by atoms with Crippen molar-refractivity contribution in [2.75, 3.05) is 0 Å². The summed E-state index contributed by atoms with van der Waals surface area (Å²) in [5, 5.41) is 6.57. The highest BCUT2D eigenvalue weighted by Gasteiger charge is 2.07. The number of H-pyrrole nitrogens is 1. The maximum absolute atomic E-state index is 11.7. The molecule has 0 amide bonds. The minimum Gasteiger partial charge on any atom is -0.267 e. The fourth-order valence-corrected chi connectivity index (χ4v) is 1.55. The first-order valence-corrected chi connectivity index (χ1v) is 5.33. The molecular formula is C13H14N2O. The average Bonchev–Trinajstić information content (AvgIpc) is 2.30. The van der Waals surface area contributed by atoms with Crippen LogP contribution >= 0.6 is 0 Å². The molecule has 0 saturated carbocycles. The fourth-order valence-electron chi connectivity index (χ4n) is 1.55. The molecule has 0 spiro atoms. The zero-order chi connectivity index (χ0) is 11.5. The number of hydrogen-bond donors (Lipinski definition) is 1. The lowest BCUT2D eigenvalue weighted by Crippen LogP contribution is -2.13. The van der Waals surface area contributed by atoms with Gasteiger partial charge in [-0.3, -0.25) is 4.79 Å². The second kappa shape index (κ2) is 4.31. The summed E-state index contributed by atoms with van der Waals surface area (Å²) in [6.45, 7) is 4.10. The van der Waals surface area contributed by atoms with Crippen LogP contribution in [0.15, 0.2) is 41.2 Å². The molecule has 3 heteroatoms. The molecule has 1 heterocycles. The minimum atomic E-state index is -0.143. The molecule has 0 unspecified atom stereocenters. The maximum atomic E-state index is 11.7. The lowest BCUT2D eigenvalue weighted by Gasteiger charge is -2.05. The van der Waals surface area contributed by atoms with Gasteiger partial charge in [0.2, 0.25) is 0 Å². The van der Waals surface area contributed by atoms with Gasteiger partial charge in [0.25, 0.3) is 5.56 Å². The molecule has 2 aromatic rings. The average molecular weight is 214 g/mol. The van der Waals surface area contributed by atoms with Crippen LogP contribution in [0.2, 0.25) is 0 Å². The summed E-state index contributed by atoms with van der Waals surface area (Å²) in [4.78, 5) is 11.7. The second-order valence-electron chi connectivity index (χ2n) is 4.06. The van der Waals surface area contributed by atoms with E-state index in [0.717, 1.165) is 11.3 Å². The molecule has 1 aromatic carbocycles. The van der Waals surface area contributed by atoms with Crippen molar-refractivity contribution in [1.82, 2.24) is 10.2 Å². The van der Waals surface area contributed by atoms with Gasteiger partial charge in [0.05, 0.1) is 11.3 Å². The van der Waals surface area contributed by atoms with E-state index in [1.807, 2.05) is 36.4 Å².